The first kappa shape index (κ1) is 12.6. The molecule has 18 heavy (non-hydrogen) atoms. The van der Waals surface area contributed by atoms with E-state index in [2.05, 4.69) is 5.32 Å². The fraction of sp³-hybridized carbons (Fsp3) is 0.429. The van der Waals surface area contributed by atoms with Gasteiger partial charge in [0.2, 0.25) is 0 Å². The van der Waals surface area contributed by atoms with Gasteiger partial charge in [-0.15, -0.1) is 0 Å². The number of aryl methyl sites for hydroxylation is 1. The van der Waals surface area contributed by atoms with Crippen LogP contribution in [0.25, 0.3) is 0 Å². The van der Waals surface area contributed by atoms with Crippen molar-refractivity contribution in [2.24, 2.45) is 0 Å². The van der Waals surface area contributed by atoms with Crippen LogP contribution in [0.5, 0.6) is 5.75 Å². The maximum Gasteiger partial charge on any atom is 0.255 e. The van der Waals surface area contributed by atoms with Gasteiger partial charge in [0.15, 0.2) is 0 Å². The molecule has 96 valence electrons. The Morgan fingerprint density at radius 2 is 2.00 bits per heavy atom. The number of carbonyl (C=O) groups excluding carboxylic acids is 2. The maximum absolute atomic E-state index is 12.0. The highest BCUT2D eigenvalue weighted by Gasteiger charge is 2.21. The van der Waals surface area contributed by atoms with Crippen LogP contribution in [-0.4, -0.2) is 22.8 Å². The molecule has 1 aliphatic carbocycles. The lowest BCUT2D eigenvalue weighted by atomic mass is 9.94. The summed E-state index contributed by atoms with van der Waals surface area (Å²) in [6.45, 7) is 1.86. The normalized spacial score (nSPS) is 16.6. The van der Waals surface area contributed by atoms with Gasteiger partial charge in [-0.25, -0.2) is 0 Å². The zero-order chi connectivity index (χ0) is 13.1. The third-order valence-corrected chi connectivity index (χ3v) is 3.28. The average Bonchev–Trinajstić information content (AvgIpc) is 2.32. The number of hydrogen-bond acceptors (Lipinski definition) is 3. The molecule has 1 saturated carbocycles. The highest BCUT2D eigenvalue weighted by Crippen LogP contribution is 2.20. The largest absolute Gasteiger partial charge is 0.507 e. The number of hydrogen-bond donors (Lipinski definition) is 2. The minimum atomic E-state index is -0.271. The van der Waals surface area contributed by atoms with E-state index in [1.165, 1.54) is 0 Å². The molecule has 0 bridgehead atoms. The maximum atomic E-state index is 12.0. The van der Waals surface area contributed by atoms with Crippen molar-refractivity contribution in [1.29, 1.82) is 0 Å². The van der Waals surface area contributed by atoms with Gasteiger partial charge >= 0.3 is 0 Å². The zero-order valence-electron chi connectivity index (χ0n) is 10.4. The van der Waals surface area contributed by atoms with Crippen LogP contribution in [0.15, 0.2) is 18.2 Å². The minimum Gasteiger partial charge on any atom is -0.507 e. The van der Waals surface area contributed by atoms with Gasteiger partial charge in [-0.1, -0.05) is 6.07 Å². The second-order valence-corrected chi connectivity index (χ2v) is 4.81. The number of benzene rings is 1. The Hall–Kier alpha value is -1.84. The van der Waals surface area contributed by atoms with Crippen LogP contribution in [0.4, 0.5) is 0 Å². The Labute approximate surface area is 106 Å². The van der Waals surface area contributed by atoms with E-state index in [0.717, 1.165) is 5.56 Å². The summed E-state index contributed by atoms with van der Waals surface area (Å²) in [7, 11) is 0. The van der Waals surface area contributed by atoms with Crippen LogP contribution in [-0.2, 0) is 4.79 Å². The standard InChI is InChI=1S/C14H17NO3/c1-9-2-7-12(13(17)8-9)14(18)15-10-3-5-11(16)6-4-10/h2,7-8,10,17H,3-6H2,1H3,(H,15,18). The molecule has 1 aromatic carbocycles. The van der Waals surface area contributed by atoms with E-state index < -0.39 is 0 Å². The number of rotatable bonds is 2. The smallest absolute Gasteiger partial charge is 0.255 e. The van der Waals surface area contributed by atoms with Crippen molar-refractivity contribution >= 4 is 11.7 Å². The second-order valence-electron chi connectivity index (χ2n) is 4.81. The predicted molar refractivity (Wildman–Crippen MR) is 67.6 cm³/mol. The Balaban J connectivity index is 2.01. The molecule has 4 heteroatoms. The monoisotopic (exact) mass is 247 g/mol. The zero-order valence-corrected chi connectivity index (χ0v) is 10.4. The van der Waals surface area contributed by atoms with Crippen molar-refractivity contribution in [2.45, 2.75) is 38.6 Å². The molecule has 1 aromatic rings. The van der Waals surface area contributed by atoms with Crippen molar-refractivity contribution in [3.05, 3.63) is 29.3 Å². The van der Waals surface area contributed by atoms with E-state index >= 15 is 0 Å². The molecule has 0 spiro atoms. The molecule has 1 amide bonds. The molecule has 2 N–H and O–H groups in total. The van der Waals surface area contributed by atoms with Crippen molar-refractivity contribution in [2.75, 3.05) is 0 Å². The number of carbonyl (C=O) groups is 2. The van der Waals surface area contributed by atoms with E-state index in [1.54, 1.807) is 18.2 Å². The molecule has 0 radical (unpaired) electrons. The van der Waals surface area contributed by atoms with E-state index in [1.807, 2.05) is 6.92 Å². The molecule has 0 aliphatic heterocycles. The fourth-order valence-electron chi connectivity index (χ4n) is 2.18. The number of nitrogens with one attached hydrogen (secondary N) is 1. The van der Waals surface area contributed by atoms with E-state index in [4.69, 9.17) is 0 Å². The van der Waals surface area contributed by atoms with Gasteiger partial charge < -0.3 is 10.4 Å². The molecule has 0 atom stereocenters. The van der Waals surface area contributed by atoms with E-state index in [-0.39, 0.29) is 29.0 Å². The van der Waals surface area contributed by atoms with Crippen molar-refractivity contribution in [3.63, 3.8) is 0 Å². The van der Waals surface area contributed by atoms with Gasteiger partial charge in [-0.3, -0.25) is 9.59 Å². The van der Waals surface area contributed by atoms with Crippen molar-refractivity contribution in [1.82, 2.24) is 5.32 Å². The Morgan fingerprint density at radius 1 is 1.33 bits per heavy atom. The number of aromatic hydroxyl groups is 1. The SMILES string of the molecule is Cc1ccc(C(=O)NC2CCC(=O)CC2)c(O)c1. The average molecular weight is 247 g/mol. The number of phenols is 1. The molecule has 2 rings (SSSR count). The van der Waals surface area contributed by atoms with Crippen molar-refractivity contribution < 1.29 is 14.7 Å². The topological polar surface area (TPSA) is 66.4 Å². The first-order valence-corrected chi connectivity index (χ1v) is 6.18. The molecule has 1 aliphatic rings. The Bertz CT molecular complexity index is 472. The first-order valence-electron chi connectivity index (χ1n) is 6.18. The fourth-order valence-corrected chi connectivity index (χ4v) is 2.18. The molecular formula is C14H17NO3. The summed E-state index contributed by atoms with van der Waals surface area (Å²) >= 11 is 0. The van der Waals surface area contributed by atoms with Crippen LogP contribution in [0.2, 0.25) is 0 Å². The number of phenolic OH excluding ortho intramolecular Hbond substituents is 1. The number of Topliss-reactive ketones (excluding diaryl/α,β-unsaturated/α-hetero) is 1. The summed E-state index contributed by atoms with van der Waals surface area (Å²) in [5.41, 5.74) is 1.20. The van der Waals surface area contributed by atoms with Gasteiger partial charge in [-0.05, 0) is 37.5 Å². The summed E-state index contributed by atoms with van der Waals surface area (Å²) in [4.78, 5) is 23.1. The number of ketones is 1. The lowest BCUT2D eigenvalue weighted by Gasteiger charge is -2.22. The Morgan fingerprint density at radius 3 is 2.61 bits per heavy atom. The van der Waals surface area contributed by atoms with Gasteiger partial charge in [0.05, 0.1) is 5.56 Å². The van der Waals surface area contributed by atoms with Gasteiger partial charge in [-0.2, -0.15) is 0 Å². The third kappa shape index (κ3) is 2.88. The molecule has 4 nitrogen and oxygen atoms in total. The van der Waals surface area contributed by atoms with Crippen LogP contribution in [0, 0.1) is 6.92 Å². The molecule has 0 saturated heterocycles. The highest BCUT2D eigenvalue weighted by atomic mass is 16.3. The summed E-state index contributed by atoms with van der Waals surface area (Å²) in [5.74, 6) is -0.00934. The lowest BCUT2D eigenvalue weighted by Crippen LogP contribution is -2.37. The highest BCUT2D eigenvalue weighted by molar-refractivity contribution is 5.97. The molecule has 0 aromatic heterocycles. The number of amides is 1. The van der Waals surface area contributed by atoms with Crippen LogP contribution < -0.4 is 5.32 Å². The molecule has 0 unspecified atom stereocenters. The summed E-state index contributed by atoms with van der Waals surface area (Å²) in [6.07, 6.45) is 2.45. The summed E-state index contributed by atoms with van der Waals surface area (Å²) < 4.78 is 0. The molecule has 1 fully saturated rings. The first-order chi connectivity index (χ1) is 8.56. The summed E-state index contributed by atoms with van der Waals surface area (Å²) in [5, 5.41) is 12.6. The van der Waals surface area contributed by atoms with Crippen molar-refractivity contribution in [3.8, 4) is 5.75 Å². The van der Waals surface area contributed by atoms with E-state index in [9.17, 15) is 14.7 Å². The van der Waals surface area contributed by atoms with Gasteiger partial charge in [0, 0.05) is 18.9 Å². The predicted octanol–water partition coefficient (Wildman–Crippen LogP) is 1.94. The van der Waals surface area contributed by atoms with Crippen LogP contribution in [0.3, 0.4) is 0 Å². The van der Waals surface area contributed by atoms with Crippen LogP contribution in [0.1, 0.15) is 41.6 Å². The summed E-state index contributed by atoms with van der Waals surface area (Å²) in [6, 6.07) is 5.02. The third-order valence-electron chi connectivity index (χ3n) is 3.28. The van der Waals surface area contributed by atoms with Crippen LogP contribution >= 0.6 is 0 Å². The van der Waals surface area contributed by atoms with Gasteiger partial charge in [0.25, 0.3) is 5.91 Å². The lowest BCUT2D eigenvalue weighted by molar-refractivity contribution is -0.120. The minimum absolute atomic E-state index is 0.000569. The second kappa shape index (κ2) is 5.21. The quantitative estimate of drug-likeness (QED) is 0.839. The van der Waals surface area contributed by atoms with Gasteiger partial charge in [0.1, 0.15) is 11.5 Å². The Kier molecular flexibility index (Phi) is 3.65. The van der Waals surface area contributed by atoms with E-state index in [0.29, 0.717) is 25.7 Å². The molecule has 0 heterocycles. The molecular weight excluding hydrogens is 230 g/mol.